The van der Waals surface area contributed by atoms with Crippen molar-refractivity contribution in [3.05, 3.63) is 11.4 Å². The van der Waals surface area contributed by atoms with Gasteiger partial charge >= 0.3 is 8.56 Å². The zero-order valence-corrected chi connectivity index (χ0v) is 12.4. The highest BCUT2D eigenvalue weighted by Crippen LogP contribution is 2.12. The molecule has 0 aromatic carbocycles. The molecule has 0 aromatic heterocycles. The van der Waals surface area contributed by atoms with Crippen molar-refractivity contribution in [1.29, 1.82) is 0 Å². The van der Waals surface area contributed by atoms with Crippen LogP contribution in [0.1, 0.15) is 13.8 Å². The molecule has 4 heteroatoms. The first-order valence-corrected chi connectivity index (χ1v) is 11.3. The first kappa shape index (κ1) is 14.1. The lowest BCUT2D eigenvalue weighted by molar-refractivity contribution is 0.201. The molecule has 0 aliphatic rings. The second kappa shape index (κ2) is 5.85. The topological polar surface area (TPSA) is 18.5 Å². The molecule has 0 saturated heterocycles. The summed E-state index contributed by atoms with van der Waals surface area (Å²) in [7, 11) is -3.14. The van der Waals surface area contributed by atoms with Crippen LogP contribution >= 0.6 is 0 Å². The Balaban J connectivity index is 4.42. The Kier molecular flexibility index (Phi) is 5.89. The molecular formula is C10H24O2Si2. The van der Waals surface area contributed by atoms with Crippen molar-refractivity contribution in [3.63, 3.8) is 0 Å². The summed E-state index contributed by atoms with van der Waals surface area (Å²) in [6.07, 6.45) is 0. The minimum Gasteiger partial charge on any atom is -0.392 e. The maximum absolute atomic E-state index is 5.72. The second-order valence-corrected chi connectivity index (χ2v) is 12.6. The van der Waals surface area contributed by atoms with Gasteiger partial charge in [0.2, 0.25) is 0 Å². The third kappa shape index (κ3) is 6.53. The van der Waals surface area contributed by atoms with Crippen molar-refractivity contribution in [2.24, 2.45) is 0 Å². The van der Waals surface area contributed by atoms with Crippen LogP contribution in [0.2, 0.25) is 26.2 Å². The predicted molar refractivity (Wildman–Crippen MR) is 67.4 cm³/mol. The van der Waals surface area contributed by atoms with E-state index >= 15 is 0 Å². The van der Waals surface area contributed by atoms with E-state index in [1.807, 2.05) is 13.8 Å². The minimum absolute atomic E-state index is 0.735. The van der Waals surface area contributed by atoms with Crippen molar-refractivity contribution in [2.75, 3.05) is 13.2 Å². The summed E-state index contributed by atoms with van der Waals surface area (Å²) in [5, 5.41) is 0. The van der Waals surface area contributed by atoms with Crippen LogP contribution in [0, 0.1) is 0 Å². The van der Waals surface area contributed by atoms with E-state index in [9.17, 15) is 0 Å². The average molecular weight is 232 g/mol. The SMILES string of the molecule is CCO[Si](C)(/C=C/[Si](C)(C)C)OCC. The fourth-order valence-corrected chi connectivity index (χ4v) is 5.75. The van der Waals surface area contributed by atoms with E-state index in [-0.39, 0.29) is 0 Å². The van der Waals surface area contributed by atoms with Crippen LogP contribution in [0.15, 0.2) is 11.4 Å². The molecule has 0 fully saturated rings. The molecule has 14 heavy (non-hydrogen) atoms. The predicted octanol–water partition coefficient (Wildman–Crippen LogP) is 3.10. The van der Waals surface area contributed by atoms with Gasteiger partial charge in [-0.1, -0.05) is 31.0 Å². The molecule has 0 heterocycles. The molecule has 0 radical (unpaired) electrons. The Morgan fingerprint density at radius 1 is 0.857 bits per heavy atom. The standard InChI is InChI=1S/C10H24O2Si2/c1-7-11-14(6,12-8-2)10-9-13(3,4)5/h9-10H,7-8H2,1-6H3/b10-9+. The molecule has 0 N–H and O–H groups in total. The molecule has 0 saturated carbocycles. The van der Waals surface area contributed by atoms with Crippen molar-refractivity contribution in [2.45, 2.75) is 40.0 Å². The molecule has 2 nitrogen and oxygen atoms in total. The van der Waals surface area contributed by atoms with E-state index in [2.05, 4.69) is 37.6 Å². The van der Waals surface area contributed by atoms with Gasteiger partial charge in [0.05, 0.1) is 8.07 Å². The Bertz CT molecular complexity index is 179. The largest absolute Gasteiger partial charge is 0.392 e. The van der Waals surface area contributed by atoms with Crippen LogP contribution in [-0.4, -0.2) is 29.8 Å². The molecule has 0 spiro atoms. The van der Waals surface area contributed by atoms with Gasteiger partial charge in [-0.2, -0.15) is 0 Å². The molecule has 84 valence electrons. The summed E-state index contributed by atoms with van der Waals surface area (Å²) >= 11 is 0. The van der Waals surface area contributed by atoms with Gasteiger partial charge in [-0.3, -0.25) is 0 Å². The van der Waals surface area contributed by atoms with E-state index in [1.54, 1.807) is 0 Å². The molecular weight excluding hydrogens is 208 g/mol. The summed E-state index contributed by atoms with van der Waals surface area (Å²) < 4.78 is 11.4. The van der Waals surface area contributed by atoms with Crippen LogP contribution < -0.4 is 0 Å². The van der Waals surface area contributed by atoms with Crippen molar-refractivity contribution >= 4 is 16.6 Å². The van der Waals surface area contributed by atoms with Crippen LogP contribution in [0.5, 0.6) is 0 Å². The van der Waals surface area contributed by atoms with E-state index in [1.165, 1.54) is 0 Å². The van der Waals surface area contributed by atoms with Gasteiger partial charge in [-0.25, -0.2) is 0 Å². The molecule has 0 aliphatic carbocycles. The molecule has 0 rings (SSSR count). The molecule has 0 bridgehead atoms. The Morgan fingerprint density at radius 3 is 1.57 bits per heavy atom. The summed E-state index contributed by atoms with van der Waals surface area (Å²) in [5.41, 5.74) is 4.52. The van der Waals surface area contributed by atoms with E-state index < -0.39 is 16.6 Å². The number of rotatable bonds is 6. The summed E-state index contributed by atoms with van der Waals surface area (Å²) in [6.45, 7) is 14.6. The zero-order chi connectivity index (χ0) is 11.2. The van der Waals surface area contributed by atoms with Crippen LogP contribution in [0.4, 0.5) is 0 Å². The van der Waals surface area contributed by atoms with Gasteiger partial charge < -0.3 is 8.85 Å². The smallest absolute Gasteiger partial charge is 0.361 e. The van der Waals surface area contributed by atoms with Gasteiger partial charge in [0.25, 0.3) is 0 Å². The normalized spacial score (nSPS) is 13.9. The highest BCUT2D eigenvalue weighted by Gasteiger charge is 2.27. The average Bonchev–Trinajstić information content (AvgIpc) is 2.01. The lowest BCUT2D eigenvalue weighted by atomic mass is 10.9. The van der Waals surface area contributed by atoms with Crippen molar-refractivity contribution < 1.29 is 8.85 Å². The third-order valence-corrected chi connectivity index (χ3v) is 5.74. The first-order valence-electron chi connectivity index (χ1n) is 5.31. The Labute approximate surface area is 90.6 Å². The molecule has 0 atom stereocenters. The Hall–Kier alpha value is 0.0938. The van der Waals surface area contributed by atoms with Gasteiger partial charge in [-0.15, -0.1) is 0 Å². The summed E-state index contributed by atoms with van der Waals surface area (Å²) in [6, 6.07) is 0. The second-order valence-electron chi connectivity index (χ2n) is 4.58. The van der Waals surface area contributed by atoms with Gasteiger partial charge in [0.1, 0.15) is 0 Å². The van der Waals surface area contributed by atoms with Crippen molar-refractivity contribution in [3.8, 4) is 0 Å². The van der Waals surface area contributed by atoms with Crippen LogP contribution in [0.25, 0.3) is 0 Å². The fraction of sp³-hybridized carbons (Fsp3) is 0.800. The van der Waals surface area contributed by atoms with E-state index in [4.69, 9.17) is 8.85 Å². The van der Waals surface area contributed by atoms with Crippen LogP contribution in [-0.2, 0) is 8.85 Å². The van der Waals surface area contributed by atoms with Gasteiger partial charge in [-0.05, 0) is 20.4 Å². The molecule has 0 unspecified atom stereocenters. The third-order valence-electron chi connectivity index (χ3n) is 1.75. The molecule has 0 amide bonds. The monoisotopic (exact) mass is 232 g/mol. The molecule has 0 aliphatic heterocycles. The lowest BCUT2D eigenvalue weighted by Gasteiger charge is -2.23. The summed E-state index contributed by atoms with van der Waals surface area (Å²) in [5.74, 6) is 0. The highest BCUT2D eigenvalue weighted by atomic mass is 28.4. The first-order chi connectivity index (χ1) is 6.33. The van der Waals surface area contributed by atoms with E-state index in [0.29, 0.717) is 0 Å². The van der Waals surface area contributed by atoms with E-state index in [0.717, 1.165) is 13.2 Å². The number of hydrogen-bond acceptors (Lipinski definition) is 2. The minimum atomic E-state index is -2.01. The zero-order valence-electron chi connectivity index (χ0n) is 10.4. The van der Waals surface area contributed by atoms with Crippen molar-refractivity contribution in [1.82, 2.24) is 0 Å². The fourth-order valence-electron chi connectivity index (χ4n) is 1.11. The highest BCUT2D eigenvalue weighted by molar-refractivity contribution is 6.83. The quantitative estimate of drug-likeness (QED) is 0.655. The van der Waals surface area contributed by atoms with Gasteiger partial charge in [0, 0.05) is 13.2 Å². The summed E-state index contributed by atoms with van der Waals surface area (Å²) in [4.78, 5) is 0. The Morgan fingerprint density at radius 2 is 1.29 bits per heavy atom. The van der Waals surface area contributed by atoms with Gasteiger partial charge in [0.15, 0.2) is 0 Å². The van der Waals surface area contributed by atoms with Crippen LogP contribution in [0.3, 0.4) is 0 Å². The maximum Gasteiger partial charge on any atom is 0.361 e. The lowest BCUT2D eigenvalue weighted by Crippen LogP contribution is -2.38. The maximum atomic E-state index is 5.72. The molecule has 0 aromatic rings. The number of hydrogen-bond donors (Lipinski definition) is 0.